The molecule has 1 aliphatic rings. The number of carbonyl (C=O) groups excluding carboxylic acids is 1. The Bertz CT molecular complexity index is 1020. The lowest BCUT2D eigenvalue weighted by atomic mass is 9.72. The topological polar surface area (TPSA) is 85.9 Å². The summed E-state index contributed by atoms with van der Waals surface area (Å²) in [7, 11) is 0. The minimum Gasteiger partial charge on any atom is -0.444 e. The van der Waals surface area contributed by atoms with Crippen molar-refractivity contribution in [2.45, 2.75) is 45.3 Å². The number of carbonyl (C=O) groups is 1. The number of benzene rings is 2. The number of nitrogens with zero attached hydrogens (tertiary/aromatic N) is 2. The minimum atomic E-state index is -0.631. The van der Waals surface area contributed by atoms with Gasteiger partial charge >= 0.3 is 6.09 Å². The fourth-order valence-corrected chi connectivity index (χ4v) is 3.97. The van der Waals surface area contributed by atoms with Crippen LogP contribution in [-0.2, 0) is 11.2 Å². The highest BCUT2D eigenvalue weighted by Crippen LogP contribution is 2.43. The first-order valence-corrected chi connectivity index (χ1v) is 10.0. The summed E-state index contributed by atoms with van der Waals surface area (Å²) in [5, 5.41) is 22.3. The van der Waals surface area contributed by atoms with Crippen LogP contribution in [0.2, 0.25) is 0 Å². The first kappa shape index (κ1) is 21.1. The number of amides is 1. The monoisotopic (exact) mass is 399 g/mol. The van der Waals surface area contributed by atoms with Gasteiger partial charge in [-0.05, 0) is 55.9 Å². The van der Waals surface area contributed by atoms with Gasteiger partial charge < -0.3 is 10.1 Å². The van der Waals surface area contributed by atoms with E-state index in [9.17, 15) is 15.3 Å². The molecule has 2 aromatic carbocycles. The number of fused-ring (bicyclic) bond motifs is 1. The van der Waals surface area contributed by atoms with E-state index in [1.165, 1.54) is 0 Å². The summed E-state index contributed by atoms with van der Waals surface area (Å²) in [6, 6.07) is 21.2. The molecule has 0 saturated heterocycles. The van der Waals surface area contributed by atoms with Gasteiger partial charge in [0.15, 0.2) is 0 Å². The van der Waals surface area contributed by atoms with Crippen molar-refractivity contribution < 1.29 is 9.53 Å². The van der Waals surface area contributed by atoms with E-state index >= 15 is 0 Å². The first-order valence-electron chi connectivity index (χ1n) is 10.0. The van der Waals surface area contributed by atoms with Crippen LogP contribution in [0.4, 0.5) is 4.79 Å². The van der Waals surface area contributed by atoms with Gasteiger partial charge in [0.2, 0.25) is 0 Å². The third-order valence-electron chi connectivity index (χ3n) is 5.13. The first-order chi connectivity index (χ1) is 14.3. The number of aryl methyl sites for hydroxylation is 1. The van der Waals surface area contributed by atoms with Crippen molar-refractivity contribution in [2.24, 2.45) is 5.92 Å². The molecule has 1 N–H and O–H groups in total. The lowest BCUT2D eigenvalue weighted by Gasteiger charge is -2.35. The molecule has 30 heavy (non-hydrogen) atoms. The molecular formula is C25H25N3O2. The zero-order valence-corrected chi connectivity index (χ0v) is 17.5. The van der Waals surface area contributed by atoms with Crippen molar-refractivity contribution in [1.29, 1.82) is 10.5 Å². The van der Waals surface area contributed by atoms with Gasteiger partial charge in [0, 0.05) is 5.92 Å². The second-order valence-corrected chi connectivity index (χ2v) is 8.35. The summed E-state index contributed by atoms with van der Waals surface area (Å²) in [6.07, 6.45) is 0.979. The zero-order chi connectivity index (χ0) is 21.7. The third-order valence-corrected chi connectivity index (χ3v) is 5.13. The molecule has 2 atom stereocenters. The third kappa shape index (κ3) is 4.70. The van der Waals surface area contributed by atoms with Gasteiger partial charge in [0.25, 0.3) is 0 Å². The summed E-state index contributed by atoms with van der Waals surface area (Å²) >= 11 is 0. The zero-order valence-electron chi connectivity index (χ0n) is 17.5. The smallest absolute Gasteiger partial charge is 0.408 e. The Morgan fingerprint density at radius 1 is 1.07 bits per heavy atom. The molecule has 0 aromatic heterocycles. The highest BCUT2D eigenvalue weighted by atomic mass is 16.6. The maximum atomic E-state index is 12.7. The molecule has 152 valence electrons. The Morgan fingerprint density at radius 3 is 2.33 bits per heavy atom. The maximum absolute atomic E-state index is 12.7. The van der Waals surface area contributed by atoms with Gasteiger partial charge in [-0.1, -0.05) is 54.6 Å². The molecule has 0 saturated carbocycles. The normalized spacial score (nSPS) is 16.4. The lowest BCUT2D eigenvalue weighted by molar-refractivity contribution is 0.0491. The number of rotatable bonds is 3. The van der Waals surface area contributed by atoms with Crippen molar-refractivity contribution in [3.8, 4) is 12.1 Å². The van der Waals surface area contributed by atoms with Crippen LogP contribution in [-0.4, -0.2) is 11.7 Å². The van der Waals surface area contributed by atoms with Gasteiger partial charge in [-0.25, -0.2) is 4.79 Å². The summed E-state index contributed by atoms with van der Waals surface area (Å²) in [6.45, 7) is 5.45. The van der Waals surface area contributed by atoms with Gasteiger partial charge in [-0.15, -0.1) is 0 Å². The molecule has 0 radical (unpaired) electrons. The molecule has 0 fully saturated rings. The molecule has 5 nitrogen and oxygen atoms in total. The van der Waals surface area contributed by atoms with Crippen LogP contribution in [0.15, 0.2) is 60.2 Å². The number of allylic oxidation sites excluding steroid dienone is 1. The van der Waals surface area contributed by atoms with E-state index in [2.05, 4.69) is 17.5 Å². The Morgan fingerprint density at radius 2 is 1.70 bits per heavy atom. The molecule has 0 spiro atoms. The van der Waals surface area contributed by atoms with Crippen LogP contribution in [0.3, 0.4) is 0 Å². The predicted octanol–water partition coefficient (Wildman–Crippen LogP) is 5.32. The highest BCUT2D eigenvalue weighted by molar-refractivity contribution is 5.81. The van der Waals surface area contributed by atoms with Crippen molar-refractivity contribution in [2.75, 3.05) is 0 Å². The van der Waals surface area contributed by atoms with Crippen LogP contribution in [0.5, 0.6) is 0 Å². The van der Waals surface area contributed by atoms with Crippen LogP contribution < -0.4 is 5.32 Å². The number of hydrogen-bond donors (Lipinski definition) is 1. The molecule has 2 unspecified atom stereocenters. The number of hydrogen-bond acceptors (Lipinski definition) is 4. The SMILES string of the molecule is CC(C)(C)OC(=O)NC(c1ccccc1)C1CCc2ccccc2C1=C(C#N)C#N. The predicted molar refractivity (Wildman–Crippen MR) is 115 cm³/mol. The van der Waals surface area contributed by atoms with E-state index in [0.29, 0.717) is 12.0 Å². The Labute approximate surface area is 177 Å². The quantitative estimate of drug-likeness (QED) is 0.708. The Kier molecular flexibility index (Phi) is 6.23. The van der Waals surface area contributed by atoms with E-state index in [1.54, 1.807) is 0 Å². The molecule has 3 rings (SSSR count). The molecule has 0 heterocycles. The number of ether oxygens (including phenoxy) is 1. The minimum absolute atomic E-state index is 0.0825. The number of alkyl carbamates (subject to hydrolysis) is 1. The van der Waals surface area contributed by atoms with Crippen LogP contribution in [0.25, 0.3) is 5.57 Å². The van der Waals surface area contributed by atoms with Crippen molar-refractivity contribution in [1.82, 2.24) is 5.32 Å². The van der Waals surface area contributed by atoms with Crippen LogP contribution >= 0.6 is 0 Å². The van der Waals surface area contributed by atoms with Gasteiger partial charge in [-0.2, -0.15) is 10.5 Å². The van der Waals surface area contributed by atoms with E-state index in [4.69, 9.17) is 4.74 Å². The summed E-state index contributed by atoms with van der Waals surface area (Å²) in [4.78, 5) is 12.7. The second kappa shape index (κ2) is 8.84. The molecule has 0 bridgehead atoms. The molecule has 5 heteroatoms. The average molecular weight is 399 g/mol. The lowest BCUT2D eigenvalue weighted by Crippen LogP contribution is -2.39. The van der Waals surface area contributed by atoms with Crippen LogP contribution in [0, 0.1) is 28.6 Å². The van der Waals surface area contributed by atoms with E-state index < -0.39 is 17.7 Å². The fraction of sp³-hybridized carbons (Fsp3) is 0.320. The fourth-order valence-electron chi connectivity index (χ4n) is 3.97. The van der Waals surface area contributed by atoms with Gasteiger partial charge in [0.1, 0.15) is 23.3 Å². The van der Waals surface area contributed by atoms with E-state index in [1.807, 2.05) is 75.4 Å². The van der Waals surface area contributed by atoms with Gasteiger partial charge in [0.05, 0.1) is 6.04 Å². The average Bonchev–Trinajstić information content (AvgIpc) is 2.72. The standard InChI is InChI=1S/C25H25N3O2/c1-25(2,3)30-24(29)28-23(18-10-5-4-6-11-18)21-14-13-17-9-7-8-12-20(17)22(21)19(15-26)16-27/h4-12,21,23H,13-14H2,1-3H3,(H,28,29). The molecular weight excluding hydrogens is 374 g/mol. The Hall–Kier alpha value is -3.57. The summed E-state index contributed by atoms with van der Waals surface area (Å²) in [5.74, 6) is -0.232. The van der Waals surface area contributed by atoms with Gasteiger partial charge in [-0.3, -0.25) is 0 Å². The Balaban J connectivity index is 2.10. The number of nitriles is 2. The molecule has 2 aromatic rings. The molecule has 1 amide bonds. The second-order valence-electron chi connectivity index (χ2n) is 8.35. The van der Waals surface area contributed by atoms with Crippen LogP contribution in [0.1, 0.15) is 49.9 Å². The summed E-state index contributed by atoms with van der Waals surface area (Å²) < 4.78 is 5.50. The molecule has 1 aliphatic carbocycles. The van der Waals surface area contributed by atoms with Crippen molar-refractivity contribution >= 4 is 11.7 Å². The number of nitrogens with one attached hydrogen (secondary N) is 1. The van der Waals surface area contributed by atoms with E-state index in [-0.39, 0.29) is 11.5 Å². The largest absolute Gasteiger partial charge is 0.444 e. The van der Waals surface area contributed by atoms with E-state index in [0.717, 1.165) is 23.1 Å². The maximum Gasteiger partial charge on any atom is 0.408 e. The van der Waals surface area contributed by atoms with Crippen molar-refractivity contribution in [3.63, 3.8) is 0 Å². The highest BCUT2D eigenvalue weighted by Gasteiger charge is 2.35. The summed E-state index contributed by atoms with van der Waals surface area (Å²) in [5.41, 5.74) is 3.05. The molecule has 0 aliphatic heterocycles. The van der Waals surface area contributed by atoms with Crippen molar-refractivity contribution in [3.05, 3.63) is 76.9 Å².